The average Bonchev–Trinajstić information content (AvgIpc) is 1.38. The molecule has 0 saturated carbocycles. The van der Waals surface area contributed by atoms with E-state index < -0.39 is 15.3 Å². The zero-order valence-corrected chi connectivity index (χ0v) is 5.91. The quantitative estimate of drug-likeness (QED) is 0.457. The normalized spacial score (nSPS) is 7.00. The summed E-state index contributed by atoms with van der Waals surface area (Å²) in [6.45, 7) is 1.88. The summed E-state index contributed by atoms with van der Waals surface area (Å²) in [4.78, 5) is 0. The topological polar surface area (TPSA) is 0 Å². The molecule has 0 aliphatic carbocycles. The van der Waals surface area contributed by atoms with Crippen LogP contribution >= 0.6 is 18.6 Å². The van der Waals surface area contributed by atoms with Gasteiger partial charge in [0.05, 0.1) is 0 Å². The van der Waals surface area contributed by atoms with Gasteiger partial charge in [-0.05, 0) is 0 Å². The van der Waals surface area contributed by atoms with E-state index in [4.69, 9.17) is 18.6 Å². The Morgan fingerprint density at radius 1 is 1.60 bits per heavy atom. The van der Waals surface area contributed by atoms with Crippen LogP contribution in [0.25, 0.3) is 0 Å². The first kappa shape index (κ1) is 6.16. The summed E-state index contributed by atoms with van der Waals surface area (Å²) in [6.07, 6.45) is 0. The van der Waals surface area contributed by atoms with E-state index in [9.17, 15) is 0 Å². The van der Waals surface area contributed by atoms with Crippen LogP contribution < -0.4 is 0 Å². The van der Waals surface area contributed by atoms with Crippen molar-refractivity contribution in [1.82, 2.24) is 0 Å². The standard InChI is InChI=1S/C2H4.2ClH.Ti/c1-2;;;/h1H,2H3;2*1H;/q;;;+2/p-2. The van der Waals surface area contributed by atoms with E-state index in [1.165, 1.54) is 0 Å². The zero-order chi connectivity index (χ0) is 4.28. The Balaban J connectivity index is 3.14. The summed E-state index contributed by atoms with van der Waals surface area (Å²) in [5.74, 6) is 0. The van der Waals surface area contributed by atoms with Crippen molar-refractivity contribution in [2.24, 2.45) is 0 Å². The maximum atomic E-state index is 5.34. The van der Waals surface area contributed by atoms with Gasteiger partial charge in [-0.25, -0.2) is 0 Å². The van der Waals surface area contributed by atoms with Gasteiger partial charge < -0.3 is 0 Å². The first-order valence-electron chi connectivity index (χ1n) is 1.24. The summed E-state index contributed by atoms with van der Waals surface area (Å²) in [5, 5.41) is 0. The van der Waals surface area contributed by atoms with E-state index in [2.05, 4.69) is 0 Å². The molecule has 0 heterocycles. The van der Waals surface area contributed by atoms with Crippen molar-refractivity contribution in [2.75, 3.05) is 0 Å². The molecule has 0 radical (unpaired) electrons. The van der Waals surface area contributed by atoms with Gasteiger partial charge in [-0.2, -0.15) is 0 Å². The molecule has 0 saturated heterocycles. The van der Waals surface area contributed by atoms with Gasteiger partial charge in [0.25, 0.3) is 0 Å². The second-order valence-electron chi connectivity index (χ2n) is 0.578. The molecule has 0 bridgehead atoms. The molecule has 0 aromatic rings. The van der Waals surface area contributed by atoms with Crippen LogP contribution in [0, 0.1) is 0 Å². The summed E-state index contributed by atoms with van der Waals surface area (Å²) in [6, 6.07) is 0. The van der Waals surface area contributed by atoms with Gasteiger partial charge in [-0.1, -0.05) is 0 Å². The van der Waals surface area contributed by atoms with Crippen molar-refractivity contribution < 1.29 is 15.3 Å². The van der Waals surface area contributed by atoms with Gasteiger partial charge in [-0.3, -0.25) is 0 Å². The van der Waals surface area contributed by atoms with Crippen LogP contribution in [0.3, 0.4) is 0 Å². The Morgan fingerprint density at radius 2 is 1.80 bits per heavy atom. The van der Waals surface area contributed by atoms with Gasteiger partial charge in [0, 0.05) is 0 Å². The fraction of sp³-hybridized carbons (Fsp3) is 0.500. The minimum absolute atomic E-state index is 1.54. The molecule has 3 heteroatoms. The first-order valence-corrected chi connectivity index (χ1v) is 6.44. The molecule has 0 nitrogen and oxygen atoms in total. The van der Waals surface area contributed by atoms with Crippen LogP contribution in [-0.4, -0.2) is 4.31 Å². The van der Waals surface area contributed by atoms with Gasteiger partial charge in [0.1, 0.15) is 0 Å². The Morgan fingerprint density at radius 3 is 1.80 bits per heavy atom. The van der Waals surface area contributed by atoms with Crippen molar-refractivity contribution in [3.63, 3.8) is 0 Å². The van der Waals surface area contributed by atoms with Gasteiger partial charge in [0.15, 0.2) is 0 Å². The Labute approximate surface area is 45.2 Å². The molecule has 5 heavy (non-hydrogen) atoms. The summed E-state index contributed by atoms with van der Waals surface area (Å²) >= 11 is -1.54. The molecule has 0 spiro atoms. The third-order valence-corrected chi connectivity index (χ3v) is 2.70. The number of rotatable bonds is 0. The SMILES string of the molecule is C[CH]=[Ti]([Cl])[Cl]. The maximum absolute atomic E-state index is 5.34. The Kier molecular flexibility index (Phi) is 4.14. The predicted octanol–water partition coefficient (Wildman–Crippen LogP) is 1.73. The van der Waals surface area contributed by atoms with Crippen LogP contribution in [-0.2, 0) is 15.3 Å². The molecule has 30 valence electrons. The fourth-order valence-corrected chi connectivity index (χ4v) is 0. The van der Waals surface area contributed by atoms with E-state index in [1.54, 1.807) is 0 Å². The molecule has 0 amide bonds. The van der Waals surface area contributed by atoms with Crippen molar-refractivity contribution in [3.8, 4) is 0 Å². The van der Waals surface area contributed by atoms with Crippen LogP contribution in [0.5, 0.6) is 0 Å². The zero-order valence-electron chi connectivity index (χ0n) is 2.83. The van der Waals surface area contributed by atoms with Gasteiger partial charge >= 0.3 is 45.1 Å². The fourth-order valence-electron chi connectivity index (χ4n) is 0. The van der Waals surface area contributed by atoms with Crippen molar-refractivity contribution >= 4 is 22.9 Å². The second kappa shape index (κ2) is 3.36. The third-order valence-electron chi connectivity index (χ3n) is 0.218. The van der Waals surface area contributed by atoms with E-state index in [-0.39, 0.29) is 0 Å². The van der Waals surface area contributed by atoms with Crippen molar-refractivity contribution in [2.45, 2.75) is 6.92 Å². The molecule has 0 rings (SSSR count). The molecule has 0 N–H and O–H groups in total. The average molecular weight is 147 g/mol. The van der Waals surface area contributed by atoms with Gasteiger partial charge in [0.2, 0.25) is 0 Å². The Bertz CT molecular complexity index is 45.6. The van der Waals surface area contributed by atoms with Crippen LogP contribution in [0.2, 0.25) is 0 Å². The third kappa shape index (κ3) is 5.16. The molecule has 0 aromatic carbocycles. The van der Waals surface area contributed by atoms with Crippen LogP contribution in [0.15, 0.2) is 0 Å². The number of halogens is 2. The van der Waals surface area contributed by atoms with E-state index in [0.29, 0.717) is 0 Å². The summed E-state index contributed by atoms with van der Waals surface area (Å²) in [5.41, 5.74) is 0. The van der Waals surface area contributed by atoms with Crippen molar-refractivity contribution in [3.05, 3.63) is 0 Å². The first-order chi connectivity index (χ1) is 2.27. The molecule has 0 aliphatic rings. The van der Waals surface area contributed by atoms with Gasteiger partial charge in [-0.15, -0.1) is 0 Å². The van der Waals surface area contributed by atoms with Crippen molar-refractivity contribution in [1.29, 1.82) is 0 Å². The van der Waals surface area contributed by atoms with E-state index >= 15 is 0 Å². The van der Waals surface area contributed by atoms with Crippen LogP contribution in [0.4, 0.5) is 0 Å². The van der Waals surface area contributed by atoms with Crippen LogP contribution in [0.1, 0.15) is 6.92 Å². The summed E-state index contributed by atoms with van der Waals surface area (Å²) < 4.78 is 1.86. The molecule has 0 unspecified atom stereocenters. The summed E-state index contributed by atoms with van der Waals surface area (Å²) in [7, 11) is 10.7. The molecule has 0 fully saturated rings. The number of hydrogen-bond donors (Lipinski definition) is 0. The predicted molar refractivity (Wildman–Crippen MR) is 23.4 cm³/mol. The monoisotopic (exact) mass is 146 g/mol. The minimum atomic E-state index is -1.54. The van der Waals surface area contributed by atoms with E-state index in [1.807, 2.05) is 11.2 Å². The molecular formula is C2H4Cl2Ti. The number of hydrogen-bond acceptors (Lipinski definition) is 0. The van der Waals surface area contributed by atoms with E-state index in [0.717, 1.165) is 0 Å². The molecule has 0 aromatic heterocycles. The Hall–Kier alpha value is 1.16. The molecular weight excluding hydrogens is 143 g/mol. The molecule has 0 aliphatic heterocycles. The molecule has 0 atom stereocenters. The second-order valence-corrected chi connectivity index (χ2v) is 6.54.